The second-order valence-electron chi connectivity index (χ2n) is 3.76. The summed E-state index contributed by atoms with van der Waals surface area (Å²) in [6, 6.07) is 7.60. The summed E-state index contributed by atoms with van der Waals surface area (Å²) in [7, 11) is 0. The van der Waals surface area contributed by atoms with Gasteiger partial charge in [0.05, 0.1) is 5.52 Å². The Balaban J connectivity index is 2.67. The molecule has 1 aromatic carbocycles. The van der Waals surface area contributed by atoms with Crippen LogP contribution in [0.3, 0.4) is 0 Å². The van der Waals surface area contributed by atoms with E-state index in [0.29, 0.717) is 11.7 Å². The van der Waals surface area contributed by atoms with E-state index in [0.717, 1.165) is 10.9 Å². The minimum absolute atomic E-state index is 0.297. The molecule has 0 saturated heterocycles. The van der Waals surface area contributed by atoms with E-state index >= 15 is 0 Å². The fourth-order valence-corrected chi connectivity index (χ4v) is 1.51. The molecule has 0 amide bonds. The van der Waals surface area contributed by atoms with Crippen LogP contribution in [0.1, 0.15) is 25.3 Å². The molecule has 0 saturated carbocycles. The molecule has 0 aliphatic rings. The van der Waals surface area contributed by atoms with E-state index in [2.05, 4.69) is 18.8 Å². The highest BCUT2D eigenvalue weighted by Gasteiger charge is 2.03. The third-order valence-electron chi connectivity index (χ3n) is 2.41. The summed E-state index contributed by atoms with van der Waals surface area (Å²) in [5.74, 6) is 0.786. The van der Waals surface area contributed by atoms with Crippen LogP contribution in [0.2, 0.25) is 0 Å². The van der Waals surface area contributed by atoms with Gasteiger partial charge in [-0.25, -0.2) is 0 Å². The first-order valence-corrected chi connectivity index (χ1v) is 4.76. The largest absolute Gasteiger partial charge is 0.507 e. The quantitative estimate of drug-likeness (QED) is 0.744. The van der Waals surface area contributed by atoms with Gasteiger partial charge in [-0.3, -0.25) is 4.98 Å². The van der Waals surface area contributed by atoms with Crippen molar-refractivity contribution in [2.45, 2.75) is 19.8 Å². The van der Waals surface area contributed by atoms with Crippen LogP contribution < -0.4 is 0 Å². The fourth-order valence-electron chi connectivity index (χ4n) is 1.51. The first-order chi connectivity index (χ1) is 6.68. The minimum Gasteiger partial charge on any atom is -0.507 e. The molecule has 0 unspecified atom stereocenters. The molecule has 72 valence electrons. The van der Waals surface area contributed by atoms with Crippen molar-refractivity contribution in [1.82, 2.24) is 4.98 Å². The summed E-state index contributed by atoms with van der Waals surface area (Å²) in [6.07, 6.45) is 1.63. The number of nitrogens with zero attached hydrogens (tertiary/aromatic N) is 1. The molecule has 2 rings (SSSR count). The first-order valence-electron chi connectivity index (χ1n) is 4.76. The predicted octanol–water partition coefficient (Wildman–Crippen LogP) is 3.06. The third-order valence-corrected chi connectivity index (χ3v) is 2.41. The van der Waals surface area contributed by atoms with Crippen LogP contribution in [0.5, 0.6) is 5.75 Å². The summed E-state index contributed by atoms with van der Waals surface area (Å²) in [5, 5.41) is 10.4. The fraction of sp³-hybridized carbons (Fsp3) is 0.250. The smallest absolute Gasteiger partial charge is 0.126 e. The lowest BCUT2D eigenvalue weighted by Crippen LogP contribution is -1.88. The molecule has 2 nitrogen and oxygen atoms in total. The number of rotatable bonds is 1. The van der Waals surface area contributed by atoms with Gasteiger partial charge < -0.3 is 5.11 Å². The van der Waals surface area contributed by atoms with Gasteiger partial charge >= 0.3 is 0 Å². The maximum atomic E-state index is 9.56. The van der Waals surface area contributed by atoms with Gasteiger partial charge in [-0.2, -0.15) is 0 Å². The summed E-state index contributed by atoms with van der Waals surface area (Å²) in [4.78, 5) is 4.23. The van der Waals surface area contributed by atoms with Gasteiger partial charge in [0.15, 0.2) is 0 Å². The van der Waals surface area contributed by atoms with E-state index in [4.69, 9.17) is 0 Å². The number of aromatic hydroxyl groups is 1. The monoisotopic (exact) mass is 187 g/mol. The molecule has 2 heteroatoms. The van der Waals surface area contributed by atoms with E-state index in [9.17, 15) is 5.11 Å². The highest BCUT2D eigenvalue weighted by Crippen LogP contribution is 2.25. The molecule has 0 aliphatic carbocycles. The zero-order valence-electron chi connectivity index (χ0n) is 8.36. The van der Waals surface area contributed by atoms with E-state index in [1.807, 2.05) is 18.2 Å². The lowest BCUT2D eigenvalue weighted by Gasteiger charge is -2.06. The van der Waals surface area contributed by atoms with Gasteiger partial charge in [-0.1, -0.05) is 19.9 Å². The van der Waals surface area contributed by atoms with Crippen molar-refractivity contribution in [3.63, 3.8) is 0 Å². The van der Waals surface area contributed by atoms with Crippen LogP contribution in [0, 0.1) is 0 Å². The van der Waals surface area contributed by atoms with Gasteiger partial charge in [0, 0.05) is 11.6 Å². The molecule has 2 aromatic rings. The van der Waals surface area contributed by atoms with Crippen LogP contribution in [0.4, 0.5) is 0 Å². The third kappa shape index (κ3) is 1.43. The molecule has 0 aliphatic heterocycles. The number of fused-ring (bicyclic) bond motifs is 1. The van der Waals surface area contributed by atoms with Crippen LogP contribution in [0.15, 0.2) is 30.5 Å². The van der Waals surface area contributed by atoms with Crippen molar-refractivity contribution >= 4 is 10.9 Å². The average molecular weight is 187 g/mol. The van der Waals surface area contributed by atoms with Crippen LogP contribution in [0.25, 0.3) is 10.9 Å². The predicted molar refractivity (Wildman–Crippen MR) is 57.5 cm³/mol. The Labute approximate surface area is 83.2 Å². The topological polar surface area (TPSA) is 33.1 Å². The molecule has 1 aromatic heterocycles. The summed E-state index contributed by atoms with van der Waals surface area (Å²) >= 11 is 0. The van der Waals surface area contributed by atoms with E-state index in [-0.39, 0.29) is 0 Å². The molecule has 1 N–H and O–H groups in total. The van der Waals surface area contributed by atoms with Gasteiger partial charge in [0.25, 0.3) is 0 Å². The molecular weight excluding hydrogens is 174 g/mol. The van der Waals surface area contributed by atoms with E-state index in [1.54, 1.807) is 12.3 Å². The summed E-state index contributed by atoms with van der Waals surface area (Å²) < 4.78 is 0. The average Bonchev–Trinajstić information content (AvgIpc) is 2.17. The van der Waals surface area contributed by atoms with Crippen molar-refractivity contribution in [3.8, 4) is 5.75 Å². The van der Waals surface area contributed by atoms with Crippen molar-refractivity contribution in [1.29, 1.82) is 0 Å². The molecule has 0 radical (unpaired) electrons. The van der Waals surface area contributed by atoms with E-state index in [1.165, 1.54) is 5.56 Å². The number of hydrogen-bond donors (Lipinski definition) is 1. The Bertz CT molecular complexity index is 463. The number of benzene rings is 1. The van der Waals surface area contributed by atoms with Crippen molar-refractivity contribution in [2.24, 2.45) is 0 Å². The molecule has 14 heavy (non-hydrogen) atoms. The molecule has 0 atom stereocenters. The lowest BCUT2D eigenvalue weighted by atomic mass is 10.0. The van der Waals surface area contributed by atoms with Gasteiger partial charge in [-0.05, 0) is 29.7 Å². The first kappa shape index (κ1) is 9.00. The molecule has 0 bridgehead atoms. The number of aromatic nitrogens is 1. The van der Waals surface area contributed by atoms with Crippen LogP contribution >= 0.6 is 0 Å². The zero-order chi connectivity index (χ0) is 10.1. The minimum atomic E-state index is 0.297. The Morgan fingerprint density at radius 3 is 2.71 bits per heavy atom. The lowest BCUT2D eigenvalue weighted by molar-refractivity contribution is 0.481. The Morgan fingerprint density at radius 1 is 1.21 bits per heavy atom. The van der Waals surface area contributed by atoms with Gasteiger partial charge in [0.2, 0.25) is 0 Å². The number of hydrogen-bond acceptors (Lipinski definition) is 2. The highest BCUT2D eigenvalue weighted by atomic mass is 16.3. The molecule has 0 fully saturated rings. The maximum Gasteiger partial charge on any atom is 0.126 e. The SMILES string of the molecule is CC(C)c1ccc2c(O)ccnc2c1. The van der Waals surface area contributed by atoms with Gasteiger partial charge in [-0.15, -0.1) is 0 Å². The highest BCUT2D eigenvalue weighted by molar-refractivity contribution is 5.85. The summed E-state index contributed by atoms with van der Waals surface area (Å²) in [5.41, 5.74) is 2.10. The van der Waals surface area contributed by atoms with E-state index < -0.39 is 0 Å². The van der Waals surface area contributed by atoms with Crippen LogP contribution in [-0.4, -0.2) is 10.1 Å². The molecule has 0 spiro atoms. The Hall–Kier alpha value is -1.57. The molecular formula is C12H13NO. The van der Waals surface area contributed by atoms with Gasteiger partial charge in [0.1, 0.15) is 5.75 Å². The second kappa shape index (κ2) is 3.29. The maximum absolute atomic E-state index is 9.56. The van der Waals surface area contributed by atoms with Crippen molar-refractivity contribution in [2.75, 3.05) is 0 Å². The number of pyridine rings is 1. The van der Waals surface area contributed by atoms with Crippen molar-refractivity contribution < 1.29 is 5.11 Å². The standard InChI is InChI=1S/C12H13NO/c1-8(2)9-3-4-10-11(7-9)13-6-5-12(10)14/h3-8H,1-2H3,(H,13,14). The molecule has 1 heterocycles. The van der Waals surface area contributed by atoms with Crippen molar-refractivity contribution in [3.05, 3.63) is 36.0 Å². The second-order valence-corrected chi connectivity index (χ2v) is 3.76. The Morgan fingerprint density at radius 2 is 2.00 bits per heavy atom. The van der Waals surface area contributed by atoms with Crippen LogP contribution in [-0.2, 0) is 0 Å². The summed E-state index contributed by atoms with van der Waals surface area (Å²) in [6.45, 7) is 4.29. The zero-order valence-corrected chi connectivity index (χ0v) is 8.36. The normalized spacial score (nSPS) is 11.1. The Kier molecular flexibility index (Phi) is 2.12.